The Morgan fingerprint density at radius 1 is 0.950 bits per heavy atom. The number of fused-ring (bicyclic) bond motifs is 1. The van der Waals surface area contributed by atoms with Crippen molar-refractivity contribution in [1.82, 2.24) is 5.32 Å². The molecule has 1 N–H and O–H groups in total. The van der Waals surface area contributed by atoms with Gasteiger partial charge in [-0.05, 0) is 41.8 Å². The summed E-state index contributed by atoms with van der Waals surface area (Å²) in [5.41, 5.74) is 1.14. The zero-order valence-corrected chi connectivity index (χ0v) is 11.3. The van der Waals surface area contributed by atoms with Crippen LogP contribution in [0.3, 0.4) is 0 Å². The summed E-state index contributed by atoms with van der Waals surface area (Å²) in [6, 6.07) is 19.7. The molecule has 1 saturated carbocycles. The van der Waals surface area contributed by atoms with Crippen LogP contribution in [0.2, 0.25) is 0 Å². The number of benzene rings is 2. The average molecular weight is 263 g/mol. The van der Waals surface area contributed by atoms with Crippen LogP contribution < -0.4 is 5.32 Å². The molecule has 1 heterocycles. The Hall–Kier alpha value is -2.06. The van der Waals surface area contributed by atoms with Crippen LogP contribution in [0.25, 0.3) is 22.1 Å². The summed E-state index contributed by atoms with van der Waals surface area (Å²) in [4.78, 5) is 0. The number of nitrogens with one attached hydrogen (secondary N) is 1. The van der Waals surface area contributed by atoms with E-state index in [0.717, 1.165) is 23.6 Å². The van der Waals surface area contributed by atoms with E-state index in [1.54, 1.807) is 0 Å². The van der Waals surface area contributed by atoms with Gasteiger partial charge in [0.15, 0.2) is 0 Å². The molecule has 2 nitrogen and oxygen atoms in total. The van der Waals surface area contributed by atoms with Gasteiger partial charge in [-0.1, -0.05) is 36.4 Å². The first-order chi connectivity index (χ1) is 9.88. The normalized spacial score (nSPS) is 14.8. The fourth-order valence-electron chi connectivity index (χ4n) is 2.50. The molecule has 0 atom stereocenters. The highest BCUT2D eigenvalue weighted by Crippen LogP contribution is 2.26. The molecule has 0 aliphatic heterocycles. The van der Waals surface area contributed by atoms with Crippen LogP contribution in [-0.4, -0.2) is 6.04 Å². The van der Waals surface area contributed by atoms with Gasteiger partial charge in [0.25, 0.3) is 0 Å². The molecule has 0 amide bonds. The molecule has 1 fully saturated rings. The quantitative estimate of drug-likeness (QED) is 0.757. The van der Waals surface area contributed by atoms with E-state index in [1.165, 1.54) is 23.6 Å². The summed E-state index contributed by atoms with van der Waals surface area (Å²) < 4.78 is 5.93. The van der Waals surface area contributed by atoms with Gasteiger partial charge in [0.2, 0.25) is 0 Å². The molecule has 0 radical (unpaired) electrons. The second kappa shape index (κ2) is 4.80. The lowest BCUT2D eigenvalue weighted by Gasteiger charge is -2.02. The Morgan fingerprint density at radius 2 is 1.80 bits per heavy atom. The van der Waals surface area contributed by atoms with Crippen molar-refractivity contribution in [3.63, 3.8) is 0 Å². The minimum Gasteiger partial charge on any atom is -0.460 e. The standard InChI is InChI=1S/C18H17NO/c1-2-4-14-11-15(6-5-13(14)3-1)18-10-9-17(20-18)12-19-16-7-8-16/h1-6,9-11,16,19H,7-8,12H2. The van der Waals surface area contributed by atoms with Gasteiger partial charge in [-0.3, -0.25) is 0 Å². The predicted molar refractivity (Wildman–Crippen MR) is 81.5 cm³/mol. The maximum atomic E-state index is 5.93. The first-order valence-corrected chi connectivity index (χ1v) is 7.20. The molecular weight excluding hydrogens is 246 g/mol. The summed E-state index contributed by atoms with van der Waals surface area (Å²) >= 11 is 0. The molecule has 0 saturated heterocycles. The molecule has 3 aromatic rings. The SMILES string of the molecule is c1ccc2cc(-c3ccc(CNC4CC4)o3)ccc2c1. The highest BCUT2D eigenvalue weighted by molar-refractivity contribution is 5.86. The molecule has 1 aliphatic rings. The summed E-state index contributed by atoms with van der Waals surface area (Å²) in [7, 11) is 0. The summed E-state index contributed by atoms with van der Waals surface area (Å²) in [5, 5.41) is 5.99. The van der Waals surface area contributed by atoms with Gasteiger partial charge >= 0.3 is 0 Å². The van der Waals surface area contributed by atoms with Crippen molar-refractivity contribution in [3.05, 3.63) is 60.4 Å². The summed E-state index contributed by atoms with van der Waals surface area (Å²) in [6.07, 6.45) is 2.61. The van der Waals surface area contributed by atoms with E-state index in [4.69, 9.17) is 4.42 Å². The molecule has 1 aromatic heterocycles. The average Bonchev–Trinajstić information content (AvgIpc) is 3.21. The fourth-order valence-corrected chi connectivity index (χ4v) is 2.50. The highest BCUT2D eigenvalue weighted by Gasteiger charge is 2.20. The Balaban J connectivity index is 1.60. The van der Waals surface area contributed by atoms with Gasteiger partial charge in [-0.15, -0.1) is 0 Å². The van der Waals surface area contributed by atoms with E-state index in [9.17, 15) is 0 Å². The van der Waals surface area contributed by atoms with E-state index in [1.807, 2.05) is 0 Å². The zero-order valence-electron chi connectivity index (χ0n) is 11.3. The highest BCUT2D eigenvalue weighted by atomic mass is 16.3. The van der Waals surface area contributed by atoms with Gasteiger partial charge in [0.05, 0.1) is 6.54 Å². The third-order valence-electron chi connectivity index (χ3n) is 3.84. The van der Waals surface area contributed by atoms with Gasteiger partial charge in [0.1, 0.15) is 11.5 Å². The molecule has 0 spiro atoms. The van der Waals surface area contributed by atoms with Crippen LogP contribution in [0.5, 0.6) is 0 Å². The zero-order chi connectivity index (χ0) is 13.4. The Morgan fingerprint density at radius 3 is 2.65 bits per heavy atom. The first-order valence-electron chi connectivity index (χ1n) is 7.20. The molecule has 0 unspecified atom stereocenters. The maximum Gasteiger partial charge on any atom is 0.134 e. The first kappa shape index (κ1) is 11.7. The van der Waals surface area contributed by atoms with E-state index < -0.39 is 0 Å². The second-order valence-electron chi connectivity index (χ2n) is 5.48. The molecule has 2 aromatic carbocycles. The molecule has 2 heteroatoms. The van der Waals surface area contributed by atoms with E-state index in [0.29, 0.717) is 6.04 Å². The van der Waals surface area contributed by atoms with Crippen LogP contribution >= 0.6 is 0 Å². The maximum absolute atomic E-state index is 5.93. The van der Waals surface area contributed by atoms with Gasteiger partial charge in [-0.25, -0.2) is 0 Å². The Kier molecular flexibility index (Phi) is 2.82. The molecule has 0 bridgehead atoms. The largest absolute Gasteiger partial charge is 0.460 e. The number of furan rings is 1. The van der Waals surface area contributed by atoms with Gasteiger partial charge < -0.3 is 9.73 Å². The lowest BCUT2D eigenvalue weighted by atomic mass is 10.1. The van der Waals surface area contributed by atoms with E-state index >= 15 is 0 Å². The second-order valence-corrected chi connectivity index (χ2v) is 5.48. The van der Waals surface area contributed by atoms with Crippen molar-refractivity contribution >= 4 is 10.8 Å². The Bertz CT molecular complexity index is 740. The molecule has 100 valence electrons. The predicted octanol–water partition coefficient (Wildman–Crippen LogP) is 4.35. The van der Waals surface area contributed by atoms with E-state index in [-0.39, 0.29) is 0 Å². The van der Waals surface area contributed by atoms with Crippen molar-refractivity contribution in [2.24, 2.45) is 0 Å². The molecular formula is C18H17NO. The van der Waals surface area contributed by atoms with Crippen molar-refractivity contribution in [2.75, 3.05) is 0 Å². The third-order valence-corrected chi connectivity index (χ3v) is 3.84. The smallest absolute Gasteiger partial charge is 0.134 e. The number of hydrogen-bond acceptors (Lipinski definition) is 2. The fraction of sp³-hybridized carbons (Fsp3) is 0.222. The minimum absolute atomic E-state index is 0.712. The lowest BCUT2D eigenvalue weighted by molar-refractivity contribution is 0.492. The van der Waals surface area contributed by atoms with Crippen LogP contribution in [0, 0.1) is 0 Å². The van der Waals surface area contributed by atoms with Gasteiger partial charge in [0, 0.05) is 11.6 Å². The summed E-state index contributed by atoms with van der Waals surface area (Å²) in [5.74, 6) is 1.96. The van der Waals surface area contributed by atoms with Crippen LogP contribution in [0.15, 0.2) is 59.0 Å². The number of rotatable bonds is 4. The third kappa shape index (κ3) is 2.35. The number of hydrogen-bond donors (Lipinski definition) is 1. The Labute approximate surface area is 118 Å². The molecule has 20 heavy (non-hydrogen) atoms. The summed E-state index contributed by atoms with van der Waals surface area (Å²) in [6.45, 7) is 0.832. The van der Waals surface area contributed by atoms with Crippen molar-refractivity contribution < 1.29 is 4.42 Å². The van der Waals surface area contributed by atoms with Gasteiger partial charge in [-0.2, -0.15) is 0 Å². The van der Waals surface area contributed by atoms with E-state index in [2.05, 4.69) is 59.9 Å². The van der Waals surface area contributed by atoms with Crippen LogP contribution in [0.1, 0.15) is 18.6 Å². The van der Waals surface area contributed by atoms with Crippen molar-refractivity contribution in [2.45, 2.75) is 25.4 Å². The molecule has 4 rings (SSSR count). The van der Waals surface area contributed by atoms with Crippen molar-refractivity contribution in [3.8, 4) is 11.3 Å². The topological polar surface area (TPSA) is 25.2 Å². The molecule has 1 aliphatic carbocycles. The van der Waals surface area contributed by atoms with Crippen LogP contribution in [-0.2, 0) is 6.54 Å². The van der Waals surface area contributed by atoms with Crippen LogP contribution in [0.4, 0.5) is 0 Å². The monoisotopic (exact) mass is 263 g/mol. The lowest BCUT2D eigenvalue weighted by Crippen LogP contribution is -2.14. The minimum atomic E-state index is 0.712. The van der Waals surface area contributed by atoms with Crippen molar-refractivity contribution in [1.29, 1.82) is 0 Å².